The van der Waals surface area contributed by atoms with Crippen LogP contribution in [0.4, 0.5) is 0 Å². The highest BCUT2D eigenvalue weighted by Crippen LogP contribution is 2.32. The van der Waals surface area contributed by atoms with Crippen LogP contribution in [0.25, 0.3) is 10.1 Å². The lowest BCUT2D eigenvalue weighted by molar-refractivity contribution is -0.0930. The molecule has 1 fully saturated rings. The van der Waals surface area contributed by atoms with Crippen molar-refractivity contribution in [3.8, 4) is 0 Å². The average molecular weight is 381 g/mol. The molecule has 1 aliphatic rings. The summed E-state index contributed by atoms with van der Waals surface area (Å²) < 4.78 is 7.32. The van der Waals surface area contributed by atoms with E-state index in [1.165, 1.54) is 20.5 Å². The van der Waals surface area contributed by atoms with E-state index < -0.39 is 6.10 Å². The molecule has 27 heavy (non-hydrogen) atoms. The van der Waals surface area contributed by atoms with Crippen molar-refractivity contribution < 1.29 is 9.84 Å². The third-order valence-electron chi connectivity index (χ3n) is 5.12. The molecule has 0 radical (unpaired) electrons. The molecule has 0 spiro atoms. The summed E-state index contributed by atoms with van der Waals surface area (Å²) >= 11 is 1.86. The minimum atomic E-state index is -0.447. The molecule has 2 aromatic carbocycles. The molecule has 3 unspecified atom stereocenters. The molecule has 1 aliphatic heterocycles. The number of aliphatic hydroxyl groups is 1. The number of thiophene rings is 1. The molecule has 3 atom stereocenters. The topological polar surface area (TPSA) is 58.9 Å². The van der Waals surface area contributed by atoms with Crippen molar-refractivity contribution in [3.05, 3.63) is 75.5 Å². The number of rotatable bonds is 6. The van der Waals surface area contributed by atoms with Gasteiger partial charge in [-0.15, -0.1) is 11.3 Å². The Labute approximate surface area is 162 Å². The van der Waals surface area contributed by atoms with Crippen LogP contribution in [0.15, 0.2) is 59.8 Å². The maximum absolute atomic E-state index is 10.6. The monoisotopic (exact) mass is 381 g/mol. The van der Waals surface area contributed by atoms with E-state index in [2.05, 4.69) is 47.6 Å². The van der Waals surface area contributed by atoms with E-state index in [4.69, 9.17) is 4.74 Å². The molecular formula is C22H23NO3S. The Hall–Kier alpha value is -2.08. The van der Waals surface area contributed by atoms with Crippen molar-refractivity contribution in [2.24, 2.45) is 5.18 Å². The van der Waals surface area contributed by atoms with Crippen LogP contribution in [-0.2, 0) is 17.6 Å². The number of hydrogen-bond acceptors (Lipinski definition) is 5. The Morgan fingerprint density at radius 3 is 2.81 bits per heavy atom. The Morgan fingerprint density at radius 2 is 1.96 bits per heavy atom. The maximum atomic E-state index is 10.6. The van der Waals surface area contributed by atoms with Crippen molar-refractivity contribution in [1.29, 1.82) is 0 Å². The number of aliphatic hydroxyl groups excluding tert-OH is 1. The van der Waals surface area contributed by atoms with Gasteiger partial charge in [-0.2, -0.15) is 4.91 Å². The third-order valence-corrected chi connectivity index (χ3v) is 6.29. The summed E-state index contributed by atoms with van der Waals surface area (Å²) in [5.41, 5.74) is 2.33. The van der Waals surface area contributed by atoms with Gasteiger partial charge in [0.25, 0.3) is 0 Å². The van der Waals surface area contributed by atoms with Gasteiger partial charge in [0.2, 0.25) is 0 Å². The Kier molecular flexibility index (Phi) is 5.62. The highest BCUT2D eigenvalue weighted by Gasteiger charge is 2.29. The molecule has 0 amide bonds. The van der Waals surface area contributed by atoms with Crippen molar-refractivity contribution in [2.45, 2.75) is 44.0 Å². The molecule has 2 heterocycles. The fourth-order valence-electron chi connectivity index (χ4n) is 3.78. The molecule has 4 rings (SSSR count). The predicted molar refractivity (Wildman–Crippen MR) is 109 cm³/mol. The van der Waals surface area contributed by atoms with E-state index >= 15 is 0 Å². The first-order valence-electron chi connectivity index (χ1n) is 9.40. The van der Waals surface area contributed by atoms with E-state index in [9.17, 15) is 10.0 Å². The van der Waals surface area contributed by atoms with Crippen molar-refractivity contribution in [3.63, 3.8) is 0 Å². The molecule has 3 aromatic rings. The van der Waals surface area contributed by atoms with Crippen LogP contribution in [0, 0.1) is 4.91 Å². The quantitative estimate of drug-likeness (QED) is 0.609. The van der Waals surface area contributed by atoms with E-state index in [-0.39, 0.29) is 18.8 Å². The van der Waals surface area contributed by atoms with Crippen LogP contribution in [0.5, 0.6) is 0 Å². The first kappa shape index (κ1) is 18.3. The van der Waals surface area contributed by atoms with Crippen molar-refractivity contribution >= 4 is 21.4 Å². The minimum Gasteiger partial charge on any atom is -0.393 e. The normalized spacial score (nSPS) is 22.8. The number of fused-ring (bicyclic) bond motifs is 1. The van der Waals surface area contributed by atoms with Gasteiger partial charge in [-0.25, -0.2) is 0 Å². The van der Waals surface area contributed by atoms with Crippen molar-refractivity contribution in [2.75, 3.05) is 6.54 Å². The van der Waals surface area contributed by atoms with Gasteiger partial charge in [-0.3, -0.25) is 0 Å². The van der Waals surface area contributed by atoms with Gasteiger partial charge in [0.05, 0.1) is 18.3 Å². The zero-order valence-corrected chi connectivity index (χ0v) is 15.9. The maximum Gasteiger partial charge on any atom is 0.107 e. The molecule has 0 bridgehead atoms. The SMILES string of the molecule is O=NCC1CC(O)CC(c2cccc(CCc3cc4ccccc4s3)c2)O1. The fourth-order valence-corrected chi connectivity index (χ4v) is 4.85. The fraction of sp³-hybridized carbons (Fsp3) is 0.364. The van der Waals surface area contributed by atoms with Crippen LogP contribution in [0.1, 0.15) is 34.9 Å². The number of nitrogens with zero attached hydrogens (tertiary/aromatic N) is 1. The summed E-state index contributed by atoms with van der Waals surface area (Å²) in [4.78, 5) is 11.9. The van der Waals surface area contributed by atoms with E-state index in [0.29, 0.717) is 12.8 Å². The Morgan fingerprint density at radius 1 is 1.07 bits per heavy atom. The van der Waals surface area contributed by atoms with Gasteiger partial charge in [0.1, 0.15) is 6.54 Å². The number of aryl methyl sites for hydroxylation is 2. The predicted octanol–water partition coefficient (Wildman–Crippen LogP) is 5.03. The lowest BCUT2D eigenvalue weighted by atomic mass is 9.94. The van der Waals surface area contributed by atoms with Crippen LogP contribution in [-0.4, -0.2) is 23.9 Å². The molecule has 5 heteroatoms. The highest BCUT2D eigenvalue weighted by molar-refractivity contribution is 7.19. The Balaban J connectivity index is 1.44. The molecular weight excluding hydrogens is 358 g/mol. The molecule has 4 nitrogen and oxygen atoms in total. The van der Waals surface area contributed by atoms with Crippen LogP contribution in [0.3, 0.4) is 0 Å². The second-order valence-electron chi connectivity index (χ2n) is 7.18. The van der Waals surface area contributed by atoms with Gasteiger partial charge in [-0.05, 0) is 41.5 Å². The van der Waals surface area contributed by atoms with E-state index in [1.54, 1.807) is 0 Å². The van der Waals surface area contributed by atoms with E-state index in [1.807, 2.05) is 23.5 Å². The van der Waals surface area contributed by atoms with Gasteiger partial charge < -0.3 is 9.84 Å². The third kappa shape index (κ3) is 4.43. The number of benzene rings is 2. The molecule has 140 valence electrons. The smallest absolute Gasteiger partial charge is 0.107 e. The average Bonchev–Trinajstić information content (AvgIpc) is 3.09. The minimum absolute atomic E-state index is 0.0964. The largest absolute Gasteiger partial charge is 0.393 e. The van der Waals surface area contributed by atoms with E-state index in [0.717, 1.165) is 18.4 Å². The van der Waals surface area contributed by atoms with Crippen molar-refractivity contribution in [1.82, 2.24) is 0 Å². The molecule has 0 saturated carbocycles. The first-order chi connectivity index (χ1) is 13.2. The van der Waals surface area contributed by atoms with Crippen LogP contribution < -0.4 is 0 Å². The number of nitroso groups, excluding NO2 is 1. The molecule has 1 N–H and O–H groups in total. The summed E-state index contributed by atoms with van der Waals surface area (Å²) in [5.74, 6) is 0. The number of hydrogen-bond donors (Lipinski definition) is 1. The Bertz CT molecular complexity index is 890. The highest BCUT2D eigenvalue weighted by atomic mass is 32.1. The van der Waals surface area contributed by atoms with Gasteiger partial charge >= 0.3 is 0 Å². The van der Waals surface area contributed by atoms with Crippen LogP contribution >= 0.6 is 11.3 Å². The van der Waals surface area contributed by atoms with Gasteiger partial charge in [0, 0.05) is 22.4 Å². The summed E-state index contributed by atoms with van der Waals surface area (Å²) in [6, 6.07) is 19.2. The second-order valence-corrected chi connectivity index (χ2v) is 8.35. The zero-order valence-electron chi connectivity index (χ0n) is 15.1. The molecule has 0 aliphatic carbocycles. The first-order valence-corrected chi connectivity index (χ1v) is 10.2. The zero-order chi connectivity index (χ0) is 18.6. The number of ether oxygens (including phenoxy) is 1. The summed E-state index contributed by atoms with van der Waals surface area (Å²) in [5, 5.41) is 14.4. The van der Waals surface area contributed by atoms with Crippen LogP contribution in [0.2, 0.25) is 0 Å². The lowest BCUT2D eigenvalue weighted by Gasteiger charge is -2.32. The second kappa shape index (κ2) is 8.30. The lowest BCUT2D eigenvalue weighted by Crippen LogP contribution is -2.33. The summed E-state index contributed by atoms with van der Waals surface area (Å²) in [7, 11) is 0. The molecule has 1 aromatic heterocycles. The van der Waals surface area contributed by atoms with Gasteiger partial charge in [-0.1, -0.05) is 47.6 Å². The standard InChI is InChI=1S/C22H23NO3S/c24-18-12-19(14-23-25)26-21(13-18)16-6-3-4-15(10-16)8-9-20-11-17-5-1-2-7-22(17)27-20/h1-7,10-11,18-19,21,24H,8-9,12-14H2. The summed E-state index contributed by atoms with van der Waals surface area (Å²) in [6.07, 6.45) is 2.10. The summed E-state index contributed by atoms with van der Waals surface area (Å²) in [6.45, 7) is 0.0964. The molecule has 1 saturated heterocycles. The van der Waals surface area contributed by atoms with Gasteiger partial charge in [0.15, 0.2) is 0 Å².